The van der Waals surface area contributed by atoms with Crippen LogP contribution in [-0.4, -0.2) is 38.1 Å². The second-order valence-corrected chi connectivity index (χ2v) is 7.63. The molecule has 0 atom stereocenters. The molecule has 1 amide bonds. The van der Waals surface area contributed by atoms with E-state index in [0.717, 1.165) is 0 Å². The Kier molecular flexibility index (Phi) is 6.29. The minimum Gasteiger partial charge on any atom is -0.383 e. The highest BCUT2D eigenvalue weighted by Crippen LogP contribution is 2.17. The van der Waals surface area contributed by atoms with Crippen molar-refractivity contribution in [2.24, 2.45) is 0 Å². The molecule has 26 heavy (non-hydrogen) atoms. The van der Waals surface area contributed by atoms with Crippen LogP contribution in [-0.2, 0) is 9.84 Å². The summed E-state index contributed by atoms with van der Waals surface area (Å²) >= 11 is 0. The molecule has 0 fully saturated rings. The Morgan fingerprint density at radius 2 is 1.73 bits per heavy atom. The van der Waals surface area contributed by atoms with Crippen molar-refractivity contribution in [1.82, 2.24) is 5.32 Å². The number of sulfone groups is 1. The van der Waals surface area contributed by atoms with Crippen molar-refractivity contribution in [3.8, 4) is 0 Å². The van der Waals surface area contributed by atoms with Crippen molar-refractivity contribution in [1.29, 1.82) is 0 Å². The summed E-state index contributed by atoms with van der Waals surface area (Å²) in [6.07, 6.45) is 0. The third-order valence-electron chi connectivity index (χ3n) is 3.66. The second kappa shape index (κ2) is 8.43. The molecule has 0 aromatic heterocycles. The molecule has 0 aliphatic carbocycles. The van der Waals surface area contributed by atoms with Gasteiger partial charge in [-0.3, -0.25) is 14.9 Å². The van der Waals surface area contributed by atoms with Crippen LogP contribution < -0.4 is 10.6 Å². The van der Waals surface area contributed by atoms with Crippen molar-refractivity contribution >= 4 is 27.1 Å². The first-order valence-corrected chi connectivity index (χ1v) is 9.58. The number of rotatable bonds is 8. The molecule has 0 heterocycles. The molecule has 0 spiro atoms. The summed E-state index contributed by atoms with van der Waals surface area (Å²) in [5.74, 6) is -0.554. The lowest BCUT2D eigenvalue weighted by Gasteiger charge is -2.11. The van der Waals surface area contributed by atoms with E-state index >= 15 is 0 Å². The van der Waals surface area contributed by atoms with E-state index in [4.69, 9.17) is 0 Å². The van der Waals surface area contributed by atoms with Gasteiger partial charge in [-0.1, -0.05) is 19.1 Å². The molecule has 9 heteroatoms. The Balaban J connectivity index is 1.93. The molecule has 0 unspecified atom stereocenters. The number of hydrogen-bond acceptors (Lipinski definition) is 6. The predicted molar refractivity (Wildman–Crippen MR) is 98.1 cm³/mol. The van der Waals surface area contributed by atoms with Crippen LogP contribution in [0.5, 0.6) is 0 Å². The van der Waals surface area contributed by atoms with Gasteiger partial charge in [0.2, 0.25) is 0 Å². The summed E-state index contributed by atoms with van der Waals surface area (Å²) in [4.78, 5) is 22.4. The quantitative estimate of drug-likeness (QED) is 0.414. The van der Waals surface area contributed by atoms with E-state index in [1.54, 1.807) is 24.3 Å². The Morgan fingerprint density at radius 3 is 2.35 bits per heavy atom. The SMILES string of the molecule is CCS(=O)(=O)c1ccccc1C(=O)NCCNc1ccc([N+](=O)[O-])cc1. The number of non-ortho nitro benzene ring substituents is 1. The molecule has 2 aromatic carbocycles. The Hall–Kier alpha value is -2.94. The third-order valence-corrected chi connectivity index (χ3v) is 5.45. The van der Waals surface area contributed by atoms with E-state index in [2.05, 4.69) is 10.6 Å². The van der Waals surface area contributed by atoms with Crippen LogP contribution in [0, 0.1) is 10.1 Å². The van der Waals surface area contributed by atoms with Crippen LogP contribution in [0.1, 0.15) is 17.3 Å². The molecule has 0 aliphatic rings. The van der Waals surface area contributed by atoms with Crippen LogP contribution in [0.25, 0.3) is 0 Å². The lowest BCUT2D eigenvalue weighted by Crippen LogP contribution is -2.30. The van der Waals surface area contributed by atoms with Gasteiger partial charge in [-0.15, -0.1) is 0 Å². The molecule has 8 nitrogen and oxygen atoms in total. The molecule has 2 rings (SSSR count). The number of anilines is 1. The van der Waals surface area contributed by atoms with Gasteiger partial charge in [0, 0.05) is 30.9 Å². The fourth-order valence-electron chi connectivity index (χ4n) is 2.26. The van der Waals surface area contributed by atoms with Crippen molar-refractivity contribution in [3.05, 3.63) is 64.2 Å². The zero-order chi connectivity index (χ0) is 19.2. The van der Waals surface area contributed by atoms with Gasteiger partial charge in [-0.25, -0.2) is 8.42 Å². The average Bonchev–Trinajstić information content (AvgIpc) is 2.65. The van der Waals surface area contributed by atoms with Crippen molar-refractivity contribution in [2.75, 3.05) is 24.2 Å². The first kappa shape index (κ1) is 19.4. The summed E-state index contributed by atoms with van der Waals surface area (Å²) < 4.78 is 24.2. The maximum absolute atomic E-state index is 12.3. The lowest BCUT2D eigenvalue weighted by molar-refractivity contribution is -0.384. The van der Waals surface area contributed by atoms with Crippen molar-refractivity contribution < 1.29 is 18.1 Å². The van der Waals surface area contributed by atoms with Gasteiger partial charge < -0.3 is 10.6 Å². The minimum absolute atomic E-state index is 0.00223. The summed E-state index contributed by atoms with van der Waals surface area (Å²) in [7, 11) is -3.49. The largest absolute Gasteiger partial charge is 0.383 e. The highest BCUT2D eigenvalue weighted by atomic mass is 32.2. The zero-order valence-corrected chi connectivity index (χ0v) is 15.0. The van der Waals surface area contributed by atoms with E-state index in [1.165, 1.54) is 31.2 Å². The van der Waals surface area contributed by atoms with Gasteiger partial charge in [0.15, 0.2) is 9.84 Å². The number of nitro benzene ring substituents is 1. The van der Waals surface area contributed by atoms with E-state index in [1.807, 2.05) is 0 Å². The molecular weight excluding hydrogens is 358 g/mol. The molecule has 0 aliphatic heterocycles. The van der Waals surface area contributed by atoms with E-state index in [-0.39, 0.29) is 28.4 Å². The number of hydrogen-bond donors (Lipinski definition) is 2. The summed E-state index contributed by atoms with van der Waals surface area (Å²) in [6, 6.07) is 12.0. The van der Waals surface area contributed by atoms with Gasteiger partial charge in [-0.05, 0) is 24.3 Å². The number of carbonyl (C=O) groups is 1. The lowest BCUT2D eigenvalue weighted by atomic mass is 10.2. The molecule has 0 saturated carbocycles. The molecular formula is C17H19N3O5S. The predicted octanol–water partition coefficient (Wildman–Crippen LogP) is 2.23. The minimum atomic E-state index is -3.49. The summed E-state index contributed by atoms with van der Waals surface area (Å²) in [5.41, 5.74) is 0.793. The average molecular weight is 377 g/mol. The highest BCUT2D eigenvalue weighted by Gasteiger charge is 2.20. The van der Waals surface area contributed by atoms with Crippen LogP contribution in [0.4, 0.5) is 11.4 Å². The van der Waals surface area contributed by atoms with Crippen molar-refractivity contribution in [3.63, 3.8) is 0 Å². The third kappa shape index (κ3) is 4.79. The first-order chi connectivity index (χ1) is 12.3. The summed E-state index contributed by atoms with van der Waals surface area (Å²) in [6.45, 7) is 2.17. The second-order valence-electron chi connectivity index (χ2n) is 5.39. The van der Waals surface area contributed by atoms with Gasteiger partial charge in [0.1, 0.15) is 0 Å². The van der Waals surface area contributed by atoms with E-state index in [9.17, 15) is 23.3 Å². The fourth-order valence-corrected chi connectivity index (χ4v) is 3.35. The molecule has 0 radical (unpaired) electrons. The Labute approximate surface area is 151 Å². The molecule has 138 valence electrons. The molecule has 0 bridgehead atoms. The number of carbonyl (C=O) groups excluding carboxylic acids is 1. The van der Waals surface area contributed by atoms with E-state index < -0.39 is 20.7 Å². The molecule has 0 saturated heterocycles. The monoisotopic (exact) mass is 377 g/mol. The van der Waals surface area contributed by atoms with Crippen LogP contribution in [0.3, 0.4) is 0 Å². The standard InChI is InChI=1S/C17H19N3O5S/c1-2-26(24,25)16-6-4-3-5-15(16)17(21)19-12-11-18-13-7-9-14(10-8-13)20(22)23/h3-10,18H,2,11-12H2,1H3,(H,19,21). The number of benzene rings is 2. The topological polar surface area (TPSA) is 118 Å². The van der Waals surface area contributed by atoms with Gasteiger partial charge in [0.25, 0.3) is 11.6 Å². The van der Waals surface area contributed by atoms with Gasteiger partial charge in [0.05, 0.1) is 21.1 Å². The Bertz CT molecular complexity index is 895. The zero-order valence-electron chi connectivity index (χ0n) is 14.1. The maximum atomic E-state index is 12.3. The van der Waals surface area contributed by atoms with E-state index in [0.29, 0.717) is 12.2 Å². The first-order valence-electron chi connectivity index (χ1n) is 7.93. The van der Waals surface area contributed by atoms with Gasteiger partial charge in [-0.2, -0.15) is 0 Å². The van der Waals surface area contributed by atoms with Crippen LogP contribution in [0.2, 0.25) is 0 Å². The fraction of sp³-hybridized carbons (Fsp3) is 0.235. The normalized spacial score (nSPS) is 11.0. The smallest absolute Gasteiger partial charge is 0.269 e. The van der Waals surface area contributed by atoms with Crippen molar-refractivity contribution in [2.45, 2.75) is 11.8 Å². The number of amides is 1. The number of nitrogens with one attached hydrogen (secondary N) is 2. The Morgan fingerprint density at radius 1 is 1.08 bits per heavy atom. The molecule has 2 N–H and O–H groups in total. The highest BCUT2D eigenvalue weighted by molar-refractivity contribution is 7.91. The summed E-state index contributed by atoms with van der Waals surface area (Å²) in [5, 5.41) is 16.3. The van der Waals surface area contributed by atoms with Crippen LogP contribution >= 0.6 is 0 Å². The van der Waals surface area contributed by atoms with Gasteiger partial charge >= 0.3 is 0 Å². The van der Waals surface area contributed by atoms with Crippen LogP contribution in [0.15, 0.2) is 53.4 Å². The number of nitro groups is 1. The molecule has 2 aromatic rings. The maximum Gasteiger partial charge on any atom is 0.269 e. The number of nitrogens with zero attached hydrogens (tertiary/aromatic N) is 1.